The summed E-state index contributed by atoms with van der Waals surface area (Å²) >= 11 is 1.60. The van der Waals surface area contributed by atoms with Crippen LogP contribution in [0, 0.1) is 17.2 Å². The van der Waals surface area contributed by atoms with Gasteiger partial charge in [0.1, 0.15) is 10.9 Å². The summed E-state index contributed by atoms with van der Waals surface area (Å²) < 4.78 is 0. The number of nitrogens with two attached hydrogens (primary N) is 1. The minimum Gasteiger partial charge on any atom is -0.397 e. The van der Waals surface area contributed by atoms with Crippen LogP contribution in [0.25, 0.3) is 0 Å². The first-order valence-electron chi connectivity index (χ1n) is 7.31. The van der Waals surface area contributed by atoms with Crippen molar-refractivity contribution in [3.8, 4) is 6.07 Å². The van der Waals surface area contributed by atoms with Crippen molar-refractivity contribution in [2.24, 2.45) is 5.92 Å². The Balaban J connectivity index is 1.90. The van der Waals surface area contributed by atoms with Gasteiger partial charge in [-0.1, -0.05) is 6.42 Å². The number of anilines is 2. The second-order valence-corrected chi connectivity index (χ2v) is 6.78. The number of nitrogen functional groups attached to an aromatic ring is 1. The molecule has 0 unspecified atom stereocenters. The molecule has 2 aliphatic carbocycles. The van der Waals surface area contributed by atoms with E-state index in [4.69, 9.17) is 5.73 Å². The first-order chi connectivity index (χ1) is 9.24. The van der Waals surface area contributed by atoms with E-state index < -0.39 is 0 Å². The van der Waals surface area contributed by atoms with Crippen molar-refractivity contribution in [1.82, 2.24) is 0 Å². The molecular weight excluding hydrogens is 254 g/mol. The zero-order valence-electron chi connectivity index (χ0n) is 11.5. The van der Waals surface area contributed by atoms with E-state index in [9.17, 15) is 5.26 Å². The van der Waals surface area contributed by atoms with Gasteiger partial charge in [0.25, 0.3) is 0 Å². The number of hydrogen-bond donors (Lipinski definition) is 1. The van der Waals surface area contributed by atoms with Crippen LogP contribution < -0.4 is 10.6 Å². The molecule has 1 heterocycles. The number of nitrogens with zero attached hydrogens (tertiary/aromatic N) is 2. The summed E-state index contributed by atoms with van der Waals surface area (Å²) in [5, 5.41) is 10.5. The summed E-state index contributed by atoms with van der Waals surface area (Å²) in [6, 6.07) is 2.27. The highest BCUT2D eigenvalue weighted by molar-refractivity contribution is 7.17. The summed E-state index contributed by atoms with van der Waals surface area (Å²) in [5.41, 5.74) is 8.23. The van der Waals surface area contributed by atoms with Gasteiger partial charge in [-0.2, -0.15) is 5.26 Å². The SMILES string of the molecule is CCN(CC1CCC1)c1sc(C#N)c(N)c1C1CC1. The van der Waals surface area contributed by atoms with E-state index in [1.807, 2.05) is 0 Å². The van der Waals surface area contributed by atoms with Gasteiger partial charge in [0.2, 0.25) is 0 Å². The summed E-state index contributed by atoms with van der Waals surface area (Å²) in [7, 11) is 0. The third-order valence-corrected chi connectivity index (χ3v) is 5.61. The number of rotatable bonds is 5. The van der Waals surface area contributed by atoms with Crippen LogP contribution in [0.5, 0.6) is 0 Å². The highest BCUT2D eigenvalue weighted by Gasteiger charge is 2.33. The molecular formula is C15H21N3S. The highest BCUT2D eigenvalue weighted by atomic mass is 32.1. The lowest BCUT2D eigenvalue weighted by molar-refractivity contribution is 0.319. The quantitative estimate of drug-likeness (QED) is 0.891. The monoisotopic (exact) mass is 275 g/mol. The minimum absolute atomic E-state index is 0.615. The Labute approximate surface area is 119 Å². The van der Waals surface area contributed by atoms with Gasteiger partial charge in [-0.25, -0.2) is 0 Å². The first kappa shape index (κ1) is 12.8. The number of thiophene rings is 1. The van der Waals surface area contributed by atoms with E-state index in [0.717, 1.165) is 24.7 Å². The molecule has 2 N–H and O–H groups in total. The summed E-state index contributed by atoms with van der Waals surface area (Å²) in [4.78, 5) is 3.17. The third-order valence-electron chi connectivity index (χ3n) is 4.42. The molecule has 3 nitrogen and oxygen atoms in total. The first-order valence-corrected chi connectivity index (χ1v) is 8.13. The van der Waals surface area contributed by atoms with Gasteiger partial charge in [0.15, 0.2) is 0 Å². The topological polar surface area (TPSA) is 53.0 Å². The largest absolute Gasteiger partial charge is 0.397 e. The number of hydrogen-bond acceptors (Lipinski definition) is 4. The fourth-order valence-corrected chi connectivity index (χ4v) is 4.05. The van der Waals surface area contributed by atoms with Crippen LogP contribution in [-0.2, 0) is 0 Å². The van der Waals surface area contributed by atoms with Crippen LogP contribution in [0.15, 0.2) is 0 Å². The van der Waals surface area contributed by atoms with E-state index in [1.54, 1.807) is 11.3 Å². The number of nitriles is 1. The van der Waals surface area contributed by atoms with Gasteiger partial charge in [0.05, 0.1) is 10.7 Å². The molecule has 102 valence electrons. The zero-order chi connectivity index (χ0) is 13.4. The maximum Gasteiger partial charge on any atom is 0.130 e. The lowest BCUT2D eigenvalue weighted by Crippen LogP contribution is -2.32. The van der Waals surface area contributed by atoms with Crippen LogP contribution in [0.3, 0.4) is 0 Å². The molecule has 0 saturated heterocycles. The molecule has 0 aromatic carbocycles. The van der Waals surface area contributed by atoms with E-state index in [2.05, 4.69) is 17.9 Å². The van der Waals surface area contributed by atoms with Crippen LogP contribution in [0.2, 0.25) is 0 Å². The molecule has 3 rings (SSSR count). The van der Waals surface area contributed by atoms with Crippen LogP contribution in [0.4, 0.5) is 10.7 Å². The molecule has 2 fully saturated rings. The predicted octanol–water partition coefficient (Wildman–Crippen LogP) is 3.71. The second kappa shape index (κ2) is 5.05. The Hall–Kier alpha value is -1.21. The minimum atomic E-state index is 0.615. The molecule has 0 atom stereocenters. The van der Waals surface area contributed by atoms with Crippen molar-refractivity contribution in [3.05, 3.63) is 10.4 Å². The average molecular weight is 275 g/mol. The maximum absolute atomic E-state index is 9.21. The van der Waals surface area contributed by atoms with Gasteiger partial charge in [0, 0.05) is 18.7 Å². The molecule has 1 aromatic heterocycles. The van der Waals surface area contributed by atoms with Crippen molar-refractivity contribution in [2.45, 2.75) is 44.9 Å². The Kier molecular flexibility index (Phi) is 3.40. The Morgan fingerprint density at radius 1 is 1.37 bits per heavy atom. The van der Waals surface area contributed by atoms with Crippen molar-refractivity contribution >= 4 is 22.0 Å². The van der Waals surface area contributed by atoms with Crippen molar-refractivity contribution < 1.29 is 0 Å². The third kappa shape index (κ3) is 2.32. The fraction of sp³-hybridized carbons (Fsp3) is 0.667. The fourth-order valence-electron chi connectivity index (χ4n) is 2.87. The normalized spacial score (nSPS) is 18.9. The molecule has 2 saturated carbocycles. The molecule has 2 aliphatic rings. The Bertz CT molecular complexity index is 506. The van der Waals surface area contributed by atoms with E-state index in [1.165, 1.54) is 42.7 Å². The maximum atomic E-state index is 9.21. The molecule has 0 spiro atoms. The van der Waals surface area contributed by atoms with Crippen molar-refractivity contribution in [2.75, 3.05) is 23.7 Å². The predicted molar refractivity (Wildman–Crippen MR) is 80.6 cm³/mol. The molecule has 0 amide bonds. The summed E-state index contributed by atoms with van der Waals surface area (Å²) in [6.45, 7) is 4.36. The van der Waals surface area contributed by atoms with Gasteiger partial charge in [-0.15, -0.1) is 11.3 Å². The lowest BCUT2D eigenvalue weighted by atomic mass is 9.85. The second-order valence-electron chi connectivity index (χ2n) is 5.79. The van der Waals surface area contributed by atoms with Gasteiger partial charge >= 0.3 is 0 Å². The van der Waals surface area contributed by atoms with Gasteiger partial charge in [-0.05, 0) is 44.4 Å². The zero-order valence-corrected chi connectivity index (χ0v) is 12.3. The smallest absolute Gasteiger partial charge is 0.130 e. The van der Waals surface area contributed by atoms with E-state index >= 15 is 0 Å². The van der Waals surface area contributed by atoms with Crippen LogP contribution >= 0.6 is 11.3 Å². The molecule has 4 heteroatoms. The van der Waals surface area contributed by atoms with Crippen LogP contribution in [-0.4, -0.2) is 13.1 Å². The van der Waals surface area contributed by atoms with Crippen molar-refractivity contribution in [3.63, 3.8) is 0 Å². The Morgan fingerprint density at radius 3 is 2.58 bits per heavy atom. The molecule has 0 bridgehead atoms. The summed E-state index contributed by atoms with van der Waals surface area (Å²) in [6.07, 6.45) is 6.58. The van der Waals surface area contributed by atoms with Gasteiger partial charge < -0.3 is 10.6 Å². The molecule has 19 heavy (non-hydrogen) atoms. The van der Waals surface area contributed by atoms with E-state index in [-0.39, 0.29) is 0 Å². The summed E-state index contributed by atoms with van der Waals surface area (Å²) in [5.74, 6) is 1.46. The average Bonchev–Trinajstić information content (AvgIpc) is 3.13. The molecule has 0 aliphatic heterocycles. The van der Waals surface area contributed by atoms with E-state index in [0.29, 0.717) is 10.8 Å². The Morgan fingerprint density at radius 2 is 2.11 bits per heavy atom. The van der Waals surface area contributed by atoms with Gasteiger partial charge in [-0.3, -0.25) is 0 Å². The van der Waals surface area contributed by atoms with Crippen molar-refractivity contribution in [1.29, 1.82) is 5.26 Å². The molecule has 0 radical (unpaired) electrons. The van der Waals surface area contributed by atoms with Crippen LogP contribution in [0.1, 0.15) is 55.4 Å². The standard InChI is InChI=1S/C15H21N3S/c1-2-18(9-10-4-3-5-10)15-13(11-6-7-11)14(17)12(8-16)19-15/h10-11H,2-7,9,17H2,1H3. The molecule has 1 aromatic rings. The lowest BCUT2D eigenvalue weighted by Gasteiger charge is -2.33. The highest BCUT2D eigenvalue weighted by Crippen LogP contribution is 2.52.